The topological polar surface area (TPSA) is 69.7 Å². The molecule has 2 aliphatic rings. The van der Waals surface area contributed by atoms with Crippen LogP contribution in [-0.2, 0) is 4.79 Å². The molecule has 2 unspecified atom stereocenters. The largest absolute Gasteiger partial charge is 0.346 e. The smallest absolute Gasteiger partial charge is 0.261 e. The number of benzene rings is 1. The molecule has 3 heterocycles. The minimum atomic E-state index is -0.224. The van der Waals surface area contributed by atoms with Crippen molar-refractivity contribution in [2.75, 3.05) is 18.0 Å². The highest BCUT2D eigenvalue weighted by molar-refractivity contribution is 7.13. The number of hydrogen-bond donors (Lipinski definition) is 1. The predicted octanol–water partition coefficient (Wildman–Crippen LogP) is 3.91. The molecule has 1 aromatic heterocycles. The number of nitrogens with zero attached hydrogens (tertiary/aromatic N) is 2. The summed E-state index contributed by atoms with van der Waals surface area (Å²) in [5.74, 6) is -0.0818. The van der Waals surface area contributed by atoms with Crippen LogP contribution >= 0.6 is 11.3 Å². The first-order valence-electron chi connectivity index (χ1n) is 10.9. The Bertz CT molecular complexity index is 1020. The fourth-order valence-electron chi connectivity index (χ4n) is 4.48. The molecule has 0 aliphatic carbocycles. The van der Waals surface area contributed by atoms with E-state index in [1.54, 1.807) is 4.90 Å². The van der Waals surface area contributed by atoms with E-state index in [0.29, 0.717) is 17.0 Å². The van der Waals surface area contributed by atoms with Crippen molar-refractivity contribution in [1.29, 1.82) is 0 Å². The van der Waals surface area contributed by atoms with E-state index in [4.69, 9.17) is 0 Å². The second kappa shape index (κ2) is 8.83. The van der Waals surface area contributed by atoms with Gasteiger partial charge in [-0.2, -0.15) is 0 Å². The number of carbonyl (C=O) groups is 3. The van der Waals surface area contributed by atoms with E-state index < -0.39 is 0 Å². The predicted molar refractivity (Wildman–Crippen MR) is 123 cm³/mol. The number of anilines is 1. The lowest BCUT2D eigenvalue weighted by molar-refractivity contribution is -0.117. The van der Waals surface area contributed by atoms with Gasteiger partial charge in [-0.1, -0.05) is 0 Å². The molecule has 2 aliphatic heterocycles. The standard InChI is InChI=1S/C24H29N3O3S/c1-15-12-19(8-9-20(15)24(30)26-11-5-4-6-16(26)2)27-14-18(13-22(27)28)25-23(29)21-10-7-17(3)31-21/h7-10,12,16,18H,4-6,11,13-14H2,1-3H3,(H,25,29). The van der Waals surface area contributed by atoms with Crippen LogP contribution in [0.1, 0.15) is 63.1 Å². The van der Waals surface area contributed by atoms with Gasteiger partial charge < -0.3 is 15.1 Å². The summed E-state index contributed by atoms with van der Waals surface area (Å²) in [6.45, 7) is 7.23. The molecule has 31 heavy (non-hydrogen) atoms. The van der Waals surface area contributed by atoms with E-state index in [9.17, 15) is 14.4 Å². The van der Waals surface area contributed by atoms with Crippen molar-refractivity contribution in [3.05, 3.63) is 51.2 Å². The number of amides is 3. The summed E-state index contributed by atoms with van der Waals surface area (Å²) in [5.41, 5.74) is 2.34. The van der Waals surface area contributed by atoms with Gasteiger partial charge in [-0.15, -0.1) is 11.3 Å². The van der Waals surface area contributed by atoms with Crippen LogP contribution in [0.5, 0.6) is 0 Å². The summed E-state index contributed by atoms with van der Waals surface area (Å²) in [6.07, 6.45) is 3.54. The van der Waals surface area contributed by atoms with Crippen LogP contribution in [0.25, 0.3) is 0 Å². The quantitative estimate of drug-likeness (QED) is 0.785. The van der Waals surface area contributed by atoms with Gasteiger partial charge in [0.25, 0.3) is 11.8 Å². The first-order valence-corrected chi connectivity index (χ1v) is 11.7. The van der Waals surface area contributed by atoms with Crippen molar-refractivity contribution >= 4 is 34.7 Å². The van der Waals surface area contributed by atoms with Gasteiger partial charge in [0.1, 0.15) is 0 Å². The highest BCUT2D eigenvalue weighted by atomic mass is 32.1. The number of carbonyl (C=O) groups excluding carboxylic acids is 3. The molecule has 2 atom stereocenters. The number of nitrogens with one attached hydrogen (secondary N) is 1. The fraction of sp³-hybridized carbons (Fsp3) is 0.458. The van der Waals surface area contributed by atoms with Crippen molar-refractivity contribution in [3.8, 4) is 0 Å². The Balaban J connectivity index is 1.44. The Hall–Kier alpha value is -2.67. The zero-order valence-corrected chi connectivity index (χ0v) is 19.1. The number of aryl methyl sites for hydroxylation is 2. The van der Waals surface area contributed by atoms with E-state index >= 15 is 0 Å². The summed E-state index contributed by atoms with van der Waals surface area (Å²) in [4.78, 5) is 43.5. The molecule has 3 amide bonds. The third-order valence-corrected chi connectivity index (χ3v) is 7.24. The highest BCUT2D eigenvalue weighted by Crippen LogP contribution is 2.27. The van der Waals surface area contributed by atoms with Gasteiger partial charge in [-0.3, -0.25) is 14.4 Å². The van der Waals surface area contributed by atoms with E-state index in [0.717, 1.165) is 35.5 Å². The Kier molecular flexibility index (Phi) is 6.14. The number of piperidine rings is 1. The van der Waals surface area contributed by atoms with Crippen LogP contribution in [0.15, 0.2) is 30.3 Å². The molecule has 1 N–H and O–H groups in total. The average Bonchev–Trinajstić information content (AvgIpc) is 3.33. The van der Waals surface area contributed by atoms with Crippen molar-refractivity contribution in [2.24, 2.45) is 0 Å². The summed E-state index contributed by atoms with van der Waals surface area (Å²) >= 11 is 1.45. The molecule has 1 aromatic carbocycles. The Labute approximate surface area is 187 Å². The van der Waals surface area contributed by atoms with Crippen LogP contribution < -0.4 is 10.2 Å². The van der Waals surface area contributed by atoms with Crippen LogP contribution in [0.2, 0.25) is 0 Å². The molecular formula is C24H29N3O3S. The van der Waals surface area contributed by atoms with Crippen LogP contribution in [-0.4, -0.2) is 47.8 Å². The van der Waals surface area contributed by atoms with Crippen molar-refractivity contribution in [3.63, 3.8) is 0 Å². The lowest BCUT2D eigenvalue weighted by Crippen LogP contribution is -2.42. The molecule has 0 saturated carbocycles. The number of hydrogen-bond acceptors (Lipinski definition) is 4. The highest BCUT2D eigenvalue weighted by Gasteiger charge is 2.33. The molecule has 0 spiro atoms. The summed E-state index contributed by atoms with van der Waals surface area (Å²) < 4.78 is 0. The average molecular weight is 440 g/mol. The molecule has 7 heteroatoms. The molecule has 0 radical (unpaired) electrons. The van der Waals surface area contributed by atoms with Crippen LogP contribution in [0.3, 0.4) is 0 Å². The van der Waals surface area contributed by atoms with Gasteiger partial charge in [0, 0.05) is 41.7 Å². The van der Waals surface area contributed by atoms with Gasteiger partial charge in [-0.25, -0.2) is 0 Å². The zero-order chi connectivity index (χ0) is 22.1. The minimum Gasteiger partial charge on any atom is -0.346 e. The molecule has 0 bridgehead atoms. The third-order valence-electron chi connectivity index (χ3n) is 6.24. The lowest BCUT2D eigenvalue weighted by Gasteiger charge is -2.34. The van der Waals surface area contributed by atoms with Crippen molar-refractivity contribution in [1.82, 2.24) is 10.2 Å². The fourth-order valence-corrected chi connectivity index (χ4v) is 5.25. The SMILES string of the molecule is Cc1ccc(C(=O)NC2CC(=O)N(c3ccc(C(=O)N4CCCCC4C)c(C)c3)C2)s1. The van der Waals surface area contributed by atoms with Gasteiger partial charge in [0.2, 0.25) is 5.91 Å². The van der Waals surface area contributed by atoms with Gasteiger partial charge >= 0.3 is 0 Å². The maximum atomic E-state index is 13.0. The molecule has 2 fully saturated rings. The molecule has 2 aromatic rings. The number of thiophene rings is 1. The minimum absolute atomic E-state index is 0.0178. The third kappa shape index (κ3) is 4.51. The first-order chi connectivity index (χ1) is 14.8. The van der Waals surface area contributed by atoms with Crippen LogP contribution in [0, 0.1) is 13.8 Å². The van der Waals surface area contributed by atoms with E-state index in [-0.39, 0.29) is 36.2 Å². The number of rotatable bonds is 4. The summed E-state index contributed by atoms with van der Waals surface area (Å²) in [6, 6.07) is 9.36. The Morgan fingerprint density at radius 2 is 1.94 bits per heavy atom. The van der Waals surface area contributed by atoms with Gasteiger partial charge in [0.15, 0.2) is 0 Å². The zero-order valence-electron chi connectivity index (χ0n) is 18.3. The maximum absolute atomic E-state index is 13.0. The molecule has 6 nitrogen and oxygen atoms in total. The van der Waals surface area contributed by atoms with Gasteiger partial charge in [-0.05, 0) is 75.9 Å². The molecule has 2 saturated heterocycles. The maximum Gasteiger partial charge on any atom is 0.261 e. The van der Waals surface area contributed by atoms with E-state index in [1.165, 1.54) is 17.8 Å². The second-order valence-corrected chi connectivity index (χ2v) is 9.92. The van der Waals surface area contributed by atoms with Crippen LogP contribution in [0.4, 0.5) is 5.69 Å². The monoisotopic (exact) mass is 439 g/mol. The first kappa shape index (κ1) is 21.6. The Morgan fingerprint density at radius 3 is 2.61 bits per heavy atom. The summed E-state index contributed by atoms with van der Waals surface area (Å²) in [7, 11) is 0. The number of likely N-dealkylation sites (tertiary alicyclic amines) is 1. The molecular weight excluding hydrogens is 410 g/mol. The Morgan fingerprint density at radius 1 is 1.13 bits per heavy atom. The normalized spacial score (nSPS) is 21.5. The summed E-state index contributed by atoms with van der Waals surface area (Å²) in [5, 5.41) is 2.98. The van der Waals surface area contributed by atoms with E-state index in [1.807, 2.05) is 49.1 Å². The molecule has 4 rings (SSSR count). The second-order valence-electron chi connectivity index (χ2n) is 8.63. The van der Waals surface area contributed by atoms with Crippen molar-refractivity contribution < 1.29 is 14.4 Å². The molecule has 164 valence electrons. The van der Waals surface area contributed by atoms with Gasteiger partial charge in [0.05, 0.1) is 10.9 Å². The van der Waals surface area contributed by atoms with E-state index in [2.05, 4.69) is 12.2 Å². The van der Waals surface area contributed by atoms with Crippen molar-refractivity contribution in [2.45, 2.75) is 58.5 Å². The lowest BCUT2D eigenvalue weighted by atomic mass is 10.00.